The van der Waals surface area contributed by atoms with E-state index >= 15 is 0 Å². The maximum absolute atomic E-state index is 12.3. The van der Waals surface area contributed by atoms with Crippen molar-refractivity contribution in [1.82, 2.24) is 5.32 Å². The van der Waals surface area contributed by atoms with Crippen LogP contribution in [-0.4, -0.2) is 24.9 Å². The topological polar surface area (TPSA) is 83.4 Å². The highest BCUT2D eigenvalue weighted by Gasteiger charge is 2.22. The molecule has 1 unspecified atom stereocenters. The summed E-state index contributed by atoms with van der Waals surface area (Å²) < 4.78 is 5.05. The van der Waals surface area contributed by atoms with Gasteiger partial charge in [-0.05, 0) is 68.1 Å². The Morgan fingerprint density at radius 1 is 1.26 bits per heavy atom. The third-order valence-corrected chi connectivity index (χ3v) is 5.25. The molecule has 1 fully saturated rings. The summed E-state index contributed by atoms with van der Waals surface area (Å²) in [5.41, 5.74) is 1.07. The maximum Gasteiger partial charge on any atom is 0.291 e. The van der Waals surface area contributed by atoms with Gasteiger partial charge in [0, 0.05) is 12.1 Å². The molecule has 0 bridgehead atoms. The van der Waals surface area contributed by atoms with Crippen molar-refractivity contribution in [3.63, 3.8) is 0 Å². The van der Waals surface area contributed by atoms with Crippen LogP contribution < -0.4 is 16.0 Å². The van der Waals surface area contributed by atoms with Gasteiger partial charge in [0.1, 0.15) is 0 Å². The molecule has 1 atom stereocenters. The van der Waals surface area contributed by atoms with E-state index in [0.29, 0.717) is 34.7 Å². The molecule has 27 heavy (non-hydrogen) atoms. The van der Waals surface area contributed by atoms with E-state index < -0.39 is 0 Å². The summed E-state index contributed by atoms with van der Waals surface area (Å²) in [5.74, 6) is 0.725. The van der Waals surface area contributed by atoms with Gasteiger partial charge in [-0.3, -0.25) is 9.59 Å². The Bertz CT molecular complexity index is 786. The molecule has 7 heteroatoms. The minimum Gasteiger partial charge on any atom is -0.459 e. The van der Waals surface area contributed by atoms with E-state index in [4.69, 9.17) is 16.0 Å². The van der Waals surface area contributed by atoms with E-state index in [2.05, 4.69) is 22.9 Å². The molecule has 3 rings (SSSR count). The van der Waals surface area contributed by atoms with Crippen molar-refractivity contribution in [2.75, 3.05) is 23.7 Å². The summed E-state index contributed by atoms with van der Waals surface area (Å²) in [6.07, 6.45) is 4.15. The predicted octanol–water partition coefficient (Wildman–Crippen LogP) is 4.15. The Labute approximate surface area is 163 Å². The molecule has 0 spiro atoms. The first-order valence-corrected chi connectivity index (χ1v) is 9.55. The Balaban J connectivity index is 1.55. The van der Waals surface area contributed by atoms with Crippen molar-refractivity contribution in [2.24, 2.45) is 11.8 Å². The van der Waals surface area contributed by atoms with Gasteiger partial charge >= 0.3 is 0 Å². The van der Waals surface area contributed by atoms with E-state index in [-0.39, 0.29) is 17.6 Å². The van der Waals surface area contributed by atoms with Crippen LogP contribution in [0.5, 0.6) is 0 Å². The number of benzene rings is 1. The quantitative estimate of drug-likeness (QED) is 0.693. The van der Waals surface area contributed by atoms with Crippen molar-refractivity contribution >= 4 is 34.8 Å². The molecule has 1 aromatic carbocycles. The van der Waals surface area contributed by atoms with Crippen molar-refractivity contribution in [2.45, 2.75) is 26.2 Å². The van der Waals surface area contributed by atoms with Crippen LogP contribution in [0.3, 0.4) is 0 Å². The molecular formula is C20H24ClN3O3. The molecule has 1 saturated heterocycles. The molecule has 1 aliphatic heterocycles. The lowest BCUT2D eigenvalue weighted by Gasteiger charge is -2.27. The minimum absolute atomic E-state index is 0.0236. The number of amides is 2. The summed E-state index contributed by atoms with van der Waals surface area (Å²) in [6, 6.07) is 8.22. The third kappa shape index (κ3) is 5.34. The first-order valence-electron chi connectivity index (χ1n) is 9.18. The van der Waals surface area contributed by atoms with Gasteiger partial charge in [-0.25, -0.2) is 0 Å². The number of anilines is 2. The van der Waals surface area contributed by atoms with E-state index in [1.54, 1.807) is 30.3 Å². The number of halogens is 1. The number of nitrogens with one attached hydrogen (secondary N) is 3. The second-order valence-corrected chi connectivity index (χ2v) is 7.35. The van der Waals surface area contributed by atoms with E-state index in [9.17, 15) is 9.59 Å². The Morgan fingerprint density at radius 3 is 2.70 bits per heavy atom. The van der Waals surface area contributed by atoms with Crippen LogP contribution in [0, 0.1) is 11.8 Å². The smallest absolute Gasteiger partial charge is 0.291 e. The predicted molar refractivity (Wildman–Crippen MR) is 106 cm³/mol. The lowest BCUT2D eigenvalue weighted by Crippen LogP contribution is -2.32. The number of rotatable bonds is 6. The number of piperidine rings is 1. The Hall–Kier alpha value is -2.31. The highest BCUT2D eigenvalue weighted by Crippen LogP contribution is 2.28. The van der Waals surface area contributed by atoms with Crippen LogP contribution in [-0.2, 0) is 4.79 Å². The van der Waals surface area contributed by atoms with E-state index in [1.807, 2.05) is 0 Å². The highest BCUT2D eigenvalue weighted by atomic mass is 35.5. The standard InChI is InChI=1S/C20H24ClN3O3/c1-13(14-6-8-22-9-7-14)11-19(25)23-15-4-5-17(16(21)12-15)24-20(26)18-3-2-10-27-18/h2-5,10,12-14,22H,6-9,11H2,1H3,(H,23,25)(H,24,26). The zero-order valence-electron chi connectivity index (χ0n) is 15.3. The molecule has 1 aliphatic rings. The zero-order chi connectivity index (χ0) is 19.2. The van der Waals surface area contributed by atoms with Gasteiger partial charge in [-0.2, -0.15) is 0 Å². The largest absolute Gasteiger partial charge is 0.459 e. The molecule has 1 aromatic heterocycles. The van der Waals surface area contributed by atoms with Crippen LogP contribution in [0.15, 0.2) is 41.0 Å². The monoisotopic (exact) mass is 389 g/mol. The molecule has 3 N–H and O–H groups in total. The first-order chi connectivity index (χ1) is 13.0. The number of furan rings is 1. The van der Waals surface area contributed by atoms with E-state index in [1.165, 1.54) is 6.26 Å². The normalized spacial score (nSPS) is 15.9. The van der Waals surface area contributed by atoms with Gasteiger partial charge in [-0.1, -0.05) is 18.5 Å². The number of carbonyl (C=O) groups is 2. The first kappa shape index (κ1) is 19.5. The molecule has 0 radical (unpaired) electrons. The number of hydrogen-bond donors (Lipinski definition) is 3. The highest BCUT2D eigenvalue weighted by molar-refractivity contribution is 6.34. The molecule has 144 valence electrons. The summed E-state index contributed by atoms with van der Waals surface area (Å²) in [4.78, 5) is 24.4. The zero-order valence-corrected chi connectivity index (χ0v) is 16.0. The SMILES string of the molecule is CC(CC(=O)Nc1ccc(NC(=O)c2ccco2)c(Cl)c1)C1CCNCC1. The number of hydrogen-bond acceptors (Lipinski definition) is 4. The van der Waals surface area contributed by atoms with Crippen LogP contribution in [0.1, 0.15) is 36.7 Å². The fourth-order valence-electron chi connectivity index (χ4n) is 3.37. The average Bonchev–Trinajstić information content (AvgIpc) is 3.19. The number of carbonyl (C=O) groups excluding carboxylic acids is 2. The molecular weight excluding hydrogens is 366 g/mol. The van der Waals surface area contributed by atoms with Crippen LogP contribution in [0.25, 0.3) is 0 Å². The molecule has 6 nitrogen and oxygen atoms in total. The summed E-state index contributed by atoms with van der Waals surface area (Å²) >= 11 is 6.24. The molecule has 2 heterocycles. The van der Waals surface area contributed by atoms with Gasteiger partial charge in [0.25, 0.3) is 5.91 Å². The lowest BCUT2D eigenvalue weighted by molar-refractivity contribution is -0.117. The van der Waals surface area contributed by atoms with Crippen molar-refractivity contribution in [3.05, 3.63) is 47.4 Å². The summed E-state index contributed by atoms with van der Waals surface area (Å²) in [7, 11) is 0. The molecule has 0 aliphatic carbocycles. The fourth-order valence-corrected chi connectivity index (χ4v) is 3.60. The molecule has 0 saturated carbocycles. The Kier molecular flexibility index (Phi) is 6.53. The molecule has 2 aromatic rings. The van der Waals surface area contributed by atoms with Crippen LogP contribution in [0.2, 0.25) is 5.02 Å². The summed E-state index contributed by atoms with van der Waals surface area (Å²) in [5, 5.41) is 9.27. The van der Waals surface area contributed by atoms with Gasteiger partial charge < -0.3 is 20.4 Å². The van der Waals surface area contributed by atoms with Crippen molar-refractivity contribution in [1.29, 1.82) is 0 Å². The third-order valence-electron chi connectivity index (χ3n) is 4.94. The molecule has 2 amide bonds. The second kappa shape index (κ2) is 9.06. The second-order valence-electron chi connectivity index (χ2n) is 6.94. The minimum atomic E-state index is -0.380. The van der Waals surface area contributed by atoms with Crippen LogP contribution >= 0.6 is 11.6 Å². The maximum atomic E-state index is 12.3. The van der Waals surface area contributed by atoms with Crippen LogP contribution in [0.4, 0.5) is 11.4 Å². The summed E-state index contributed by atoms with van der Waals surface area (Å²) in [6.45, 7) is 4.19. The average molecular weight is 390 g/mol. The Morgan fingerprint density at radius 2 is 2.04 bits per heavy atom. The fraction of sp³-hybridized carbons (Fsp3) is 0.400. The van der Waals surface area contributed by atoms with Gasteiger partial charge in [0.15, 0.2) is 5.76 Å². The van der Waals surface area contributed by atoms with Gasteiger partial charge in [-0.15, -0.1) is 0 Å². The van der Waals surface area contributed by atoms with Gasteiger partial charge in [0.2, 0.25) is 5.91 Å². The van der Waals surface area contributed by atoms with Crippen molar-refractivity contribution < 1.29 is 14.0 Å². The lowest BCUT2D eigenvalue weighted by atomic mass is 9.84. The van der Waals surface area contributed by atoms with E-state index in [0.717, 1.165) is 25.9 Å². The van der Waals surface area contributed by atoms with Crippen molar-refractivity contribution in [3.8, 4) is 0 Å². The van der Waals surface area contributed by atoms with Gasteiger partial charge in [0.05, 0.1) is 17.0 Å².